The molecule has 1 rings (SSSR count). The molecule has 1 aromatic heterocycles. The first kappa shape index (κ1) is 3.07. The van der Waals surface area contributed by atoms with Crippen LogP contribution in [-0.2, 0) is 0 Å². The second kappa shape index (κ2) is 1.64. The van der Waals surface area contributed by atoms with E-state index in [0.29, 0.717) is 0 Å². The maximum absolute atomic E-state index is 11.9. The van der Waals surface area contributed by atoms with Crippen molar-refractivity contribution in [1.29, 1.82) is 0 Å². The number of halogens is 1. The van der Waals surface area contributed by atoms with Gasteiger partial charge in [0.15, 0.2) is 0 Å². The van der Waals surface area contributed by atoms with Gasteiger partial charge in [-0.25, -0.2) is 9.97 Å². The summed E-state index contributed by atoms with van der Waals surface area (Å²) in [6, 6.07) is 1.10. The minimum atomic E-state index is -0.662. The summed E-state index contributed by atoms with van der Waals surface area (Å²) in [5, 5.41) is 0. The quantitative estimate of drug-likeness (QED) is 0.445. The molecule has 0 radical (unpaired) electrons. The van der Waals surface area contributed by atoms with Crippen LogP contribution in [0.25, 0.3) is 0 Å². The van der Waals surface area contributed by atoms with E-state index in [4.69, 9.17) is 1.37 Å². The van der Waals surface area contributed by atoms with Gasteiger partial charge in [0.05, 0.1) is 0 Å². The molecule has 1 heterocycles. The number of aromatic nitrogens is 2. The van der Waals surface area contributed by atoms with E-state index < -0.39 is 5.95 Å². The smallest absolute Gasteiger partial charge is 0.215 e. The van der Waals surface area contributed by atoms with Gasteiger partial charge in [0, 0.05) is 12.3 Å². The fourth-order valence-corrected chi connectivity index (χ4v) is 0.246. The van der Waals surface area contributed by atoms with Gasteiger partial charge in [-0.1, -0.05) is 0 Å². The first-order chi connectivity index (χ1) is 3.79. The topological polar surface area (TPSA) is 25.8 Å². The molecule has 0 saturated heterocycles. The van der Waals surface area contributed by atoms with Crippen LogP contribution < -0.4 is 0 Å². The molecule has 0 atom stereocenters. The zero-order chi connectivity index (χ0) is 5.98. The first-order valence-electron chi connectivity index (χ1n) is 2.24. The van der Waals surface area contributed by atoms with E-state index in [9.17, 15) is 4.39 Å². The van der Waals surface area contributed by atoms with Crippen molar-refractivity contribution in [2.75, 3.05) is 0 Å². The normalized spacial score (nSPS) is 10.7. The van der Waals surface area contributed by atoms with Gasteiger partial charge in [0.2, 0.25) is 5.95 Å². The summed E-state index contributed by atoms with van der Waals surface area (Å²) in [5.41, 5.74) is 0. The van der Waals surface area contributed by atoms with Crippen molar-refractivity contribution in [3.05, 3.63) is 24.5 Å². The Morgan fingerprint density at radius 1 is 1.86 bits per heavy atom. The third-order valence-electron chi connectivity index (χ3n) is 0.501. The number of hydrogen-bond donors (Lipinski definition) is 0. The van der Waals surface area contributed by atoms with E-state index in [0.717, 1.165) is 6.07 Å². The predicted octanol–water partition coefficient (Wildman–Crippen LogP) is 0.616. The van der Waals surface area contributed by atoms with Crippen LogP contribution in [0, 0.1) is 5.95 Å². The molecule has 0 aliphatic heterocycles. The molecule has 0 aliphatic carbocycles. The number of hydrogen-bond acceptors (Lipinski definition) is 2. The first-order valence-corrected chi connectivity index (χ1v) is 1.74. The lowest BCUT2D eigenvalue weighted by atomic mass is 10.7. The lowest BCUT2D eigenvalue weighted by molar-refractivity contribution is 0.579. The molecule has 0 aromatic carbocycles. The molecule has 0 amide bonds. The summed E-state index contributed by atoms with van der Waals surface area (Å²) in [6.45, 7) is 0. The van der Waals surface area contributed by atoms with Crippen molar-refractivity contribution in [2.45, 2.75) is 0 Å². The summed E-state index contributed by atoms with van der Waals surface area (Å²) in [5.74, 6) is -0.662. The monoisotopic (exact) mass is 99.0 g/mol. The van der Waals surface area contributed by atoms with Crippen molar-refractivity contribution in [3.8, 4) is 0 Å². The Labute approximate surface area is 41.4 Å². The lowest BCUT2D eigenvalue weighted by Gasteiger charge is -1.77. The maximum atomic E-state index is 11.9. The molecule has 0 saturated carbocycles. The molecular weight excluding hydrogens is 95.1 g/mol. The van der Waals surface area contributed by atoms with E-state index in [1.165, 1.54) is 6.20 Å². The Kier molecular flexibility index (Phi) is 0.719. The Hall–Kier alpha value is -0.990. The third-order valence-corrected chi connectivity index (χ3v) is 0.501. The van der Waals surface area contributed by atoms with Gasteiger partial charge >= 0.3 is 0 Å². The zero-order valence-electron chi connectivity index (χ0n) is 4.43. The highest BCUT2D eigenvalue weighted by Crippen LogP contribution is 1.82. The Balaban J connectivity index is 3.08. The average molecular weight is 99.1 g/mol. The molecule has 2 nitrogen and oxygen atoms in total. The minimum absolute atomic E-state index is 0.287. The van der Waals surface area contributed by atoms with Gasteiger partial charge in [-0.05, 0) is 0 Å². The number of rotatable bonds is 0. The van der Waals surface area contributed by atoms with Crippen molar-refractivity contribution in [1.82, 2.24) is 9.97 Å². The van der Waals surface area contributed by atoms with Gasteiger partial charge < -0.3 is 0 Å². The second-order valence-corrected chi connectivity index (χ2v) is 0.979. The third kappa shape index (κ3) is 0.924. The molecule has 0 fully saturated rings. The SMILES string of the molecule is [2H]c1nccc(F)n1. The maximum Gasteiger partial charge on any atom is 0.215 e. The van der Waals surface area contributed by atoms with E-state index >= 15 is 0 Å². The second-order valence-electron chi connectivity index (χ2n) is 0.979. The fraction of sp³-hybridized carbons (Fsp3) is 0. The molecular formula is C4H3FN2. The Morgan fingerprint density at radius 2 is 2.71 bits per heavy atom. The Morgan fingerprint density at radius 3 is 3.14 bits per heavy atom. The lowest BCUT2D eigenvalue weighted by Crippen LogP contribution is -1.78. The summed E-state index contributed by atoms with van der Waals surface area (Å²) < 4.78 is 18.6. The van der Waals surface area contributed by atoms with E-state index in [1.54, 1.807) is 0 Å². The van der Waals surface area contributed by atoms with Gasteiger partial charge in [-0.2, -0.15) is 4.39 Å². The van der Waals surface area contributed by atoms with Crippen LogP contribution in [-0.4, -0.2) is 9.97 Å². The van der Waals surface area contributed by atoms with Crippen LogP contribution in [0.2, 0.25) is 0 Å². The molecule has 3 heteroatoms. The summed E-state index contributed by atoms with van der Waals surface area (Å²) in [6.07, 6.45) is 0.912. The molecule has 0 bridgehead atoms. The molecule has 0 N–H and O–H groups in total. The van der Waals surface area contributed by atoms with Gasteiger partial charge in [0.25, 0.3) is 0 Å². The zero-order valence-corrected chi connectivity index (χ0v) is 3.43. The molecule has 0 unspecified atom stereocenters. The van der Waals surface area contributed by atoms with Gasteiger partial charge in [0.1, 0.15) is 7.67 Å². The summed E-state index contributed by atoms with van der Waals surface area (Å²) in [4.78, 5) is 6.42. The standard InChI is InChI=1S/C4H3FN2/c5-4-1-2-6-3-7-4/h1-3H/i3D. The molecule has 0 aliphatic rings. The number of nitrogens with zero attached hydrogens (tertiary/aromatic N) is 2. The van der Waals surface area contributed by atoms with Gasteiger partial charge in [-0.15, -0.1) is 0 Å². The van der Waals surface area contributed by atoms with Crippen LogP contribution in [0.1, 0.15) is 1.37 Å². The van der Waals surface area contributed by atoms with Crippen LogP contribution in [0.15, 0.2) is 18.6 Å². The van der Waals surface area contributed by atoms with Crippen molar-refractivity contribution < 1.29 is 5.76 Å². The van der Waals surface area contributed by atoms with Crippen LogP contribution in [0.5, 0.6) is 0 Å². The fourth-order valence-electron chi connectivity index (χ4n) is 0.246. The highest BCUT2D eigenvalue weighted by atomic mass is 19.1. The van der Waals surface area contributed by atoms with Gasteiger partial charge in [-0.3, -0.25) is 0 Å². The highest BCUT2D eigenvalue weighted by molar-refractivity contribution is 4.79. The van der Waals surface area contributed by atoms with Crippen molar-refractivity contribution >= 4 is 0 Å². The summed E-state index contributed by atoms with van der Waals surface area (Å²) in [7, 11) is 0. The molecule has 36 valence electrons. The van der Waals surface area contributed by atoms with Crippen LogP contribution in [0.3, 0.4) is 0 Å². The Bertz CT molecular complexity index is 174. The minimum Gasteiger partial charge on any atom is -0.245 e. The van der Waals surface area contributed by atoms with E-state index in [-0.39, 0.29) is 6.30 Å². The predicted molar refractivity (Wildman–Crippen MR) is 22.0 cm³/mol. The molecule has 1 aromatic rings. The van der Waals surface area contributed by atoms with E-state index in [1.807, 2.05) is 0 Å². The average Bonchev–Trinajstić information content (AvgIpc) is 1.64. The largest absolute Gasteiger partial charge is 0.245 e. The molecule has 0 spiro atoms. The summed E-state index contributed by atoms with van der Waals surface area (Å²) >= 11 is 0. The van der Waals surface area contributed by atoms with Crippen LogP contribution in [0.4, 0.5) is 4.39 Å². The van der Waals surface area contributed by atoms with Crippen molar-refractivity contribution in [2.24, 2.45) is 0 Å². The molecule has 7 heavy (non-hydrogen) atoms. The highest BCUT2D eigenvalue weighted by Gasteiger charge is 1.79. The van der Waals surface area contributed by atoms with Crippen LogP contribution >= 0.6 is 0 Å². The van der Waals surface area contributed by atoms with Crippen molar-refractivity contribution in [3.63, 3.8) is 0 Å². The van der Waals surface area contributed by atoms with E-state index in [2.05, 4.69) is 9.97 Å².